The van der Waals surface area contributed by atoms with Crippen LogP contribution in [-0.4, -0.2) is 4.98 Å². The zero-order chi connectivity index (χ0) is 7.61. The van der Waals surface area contributed by atoms with Gasteiger partial charge in [0.15, 0.2) is 0 Å². The van der Waals surface area contributed by atoms with Gasteiger partial charge in [0.2, 0.25) is 3.79 Å². The summed E-state index contributed by atoms with van der Waals surface area (Å²) in [5, 5.41) is 0. The van der Waals surface area contributed by atoms with E-state index in [4.69, 9.17) is 34.8 Å². The molecule has 1 heterocycles. The normalized spacial score (nSPS) is 11.5. The third kappa shape index (κ3) is 2.01. The van der Waals surface area contributed by atoms with Crippen molar-refractivity contribution in [1.82, 2.24) is 4.98 Å². The molecule has 0 aliphatic rings. The number of nitrogens with zero attached hydrogens (tertiary/aromatic N) is 1. The van der Waals surface area contributed by atoms with Crippen LogP contribution in [-0.2, 0) is 3.79 Å². The average molecular weight is 196 g/mol. The summed E-state index contributed by atoms with van der Waals surface area (Å²) in [6.45, 7) is 0. The van der Waals surface area contributed by atoms with Gasteiger partial charge in [-0.3, -0.25) is 4.98 Å². The van der Waals surface area contributed by atoms with E-state index in [2.05, 4.69) is 4.98 Å². The zero-order valence-corrected chi connectivity index (χ0v) is 7.16. The van der Waals surface area contributed by atoms with Gasteiger partial charge < -0.3 is 0 Å². The fourth-order valence-electron chi connectivity index (χ4n) is 0.541. The lowest BCUT2D eigenvalue weighted by Crippen LogP contribution is -1.98. The van der Waals surface area contributed by atoms with Gasteiger partial charge in [-0.05, 0) is 12.1 Å². The van der Waals surface area contributed by atoms with Gasteiger partial charge >= 0.3 is 0 Å². The molecule has 0 spiro atoms. The maximum absolute atomic E-state index is 5.56. The van der Waals surface area contributed by atoms with Crippen LogP contribution < -0.4 is 0 Å². The van der Waals surface area contributed by atoms with Crippen molar-refractivity contribution < 1.29 is 0 Å². The van der Waals surface area contributed by atoms with Crippen molar-refractivity contribution in [1.29, 1.82) is 0 Å². The van der Waals surface area contributed by atoms with E-state index >= 15 is 0 Å². The SMILES string of the molecule is ClC(Cl)(Cl)c1ccncc1. The molecular weight excluding hydrogens is 192 g/mol. The predicted molar refractivity (Wildman–Crippen MR) is 43.5 cm³/mol. The first kappa shape index (κ1) is 8.12. The first-order chi connectivity index (χ1) is 4.61. The van der Waals surface area contributed by atoms with Gasteiger partial charge in [0.05, 0.1) is 0 Å². The summed E-state index contributed by atoms with van der Waals surface area (Å²) in [4.78, 5) is 3.78. The van der Waals surface area contributed by atoms with Crippen LogP contribution in [0, 0.1) is 0 Å². The highest BCUT2D eigenvalue weighted by atomic mass is 35.6. The van der Waals surface area contributed by atoms with Crippen molar-refractivity contribution in [2.75, 3.05) is 0 Å². The van der Waals surface area contributed by atoms with Crippen LogP contribution in [0.15, 0.2) is 24.5 Å². The van der Waals surface area contributed by atoms with Crippen LogP contribution >= 0.6 is 34.8 Å². The Labute approximate surface area is 73.9 Å². The molecule has 1 aromatic heterocycles. The summed E-state index contributed by atoms with van der Waals surface area (Å²) in [7, 11) is 0. The second kappa shape index (κ2) is 2.95. The molecule has 4 heteroatoms. The molecular formula is C6H4Cl3N. The molecule has 0 aliphatic heterocycles. The van der Waals surface area contributed by atoms with Crippen LogP contribution in [0.1, 0.15) is 5.56 Å². The zero-order valence-electron chi connectivity index (χ0n) is 4.89. The van der Waals surface area contributed by atoms with E-state index in [1.165, 1.54) is 0 Å². The molecule has 0 bridgehead atoms. The second-order valence-electron chi connectivity index (χ2n) is 1.73. The summed E-state index contributed by atoms with van der Waals surface area (Å²) in [5.74, 6) is 0. The van der Waals surface area contributed by atoms with Crippen LogP contribution in [0.4, 0.5) is 0 Å². The summed E-state index contributed by atoms with van der Waals surface area (Å²) in [6, 6.07) is 3.32. The molecule has 0 atom stereocenters. The third-order valence-electron chi connectivity index (χ3n) is 1.01. The van der Waals surface area contributed by atoms with Gasteiger partial charge in [-0.15, -0.1) is 0 Å². The Morgan fingerprint density at radius 1 is 1.10 bits per heavy atom. The smallest absolute Gasteiger partial charge is 0.216 e. The van der Waals surface area contributed by atoms with E-state index in [-0.39, 0.29) is 0 Å². The highest BCUT2D eigenvalue weighted by Crippen LogP contribution is 2.37. The molecule has 0 aromatic carbocycles. The molecule has 0 radical (unpaired) electrons. The van der Waals surface area contributed by atoms with Crippen molar-refractivity contribution in [3.8, 4) is 0 Å². The van der Waals surface area contributed by atoms with Crippen LogP contribution in [0.3, 0.4) is 0 Å². The maximum atomic E-state index is 5.56. The first-order valence-corrected chi connectivity index (χ1v) is 3.71. The molecule has 10 heavy (non-hydrogen) atoms. The Morgan fingerprint density at radius 2 is 1.60 bits per heavy atom. The number of hydrogen-bond acceptors (Lipinski definition) is 1. The first-order valence-electron chi connectivity index (χ1n) is 2.58. The number of aromatic nitrogens is 1. The summed E-state index contributed by atoms with van der Waals surface area (Å²) in [5.41, 5.74) is 0.632. The van der Waals surface area contributed by atoms with Gasteiger partial charge in [-0.2, -0.15) is 0 Å². The lowest BCUT2D eigenvalue weighted by atomic mass is 10.3. The average Bonchev–Trinajstić information content (AvgIpc) is 1.88. The Bertz CT molecular complexity index is 204. The lowest BCUT2D eigenvalue weighted by Gasteiger charge is -2.08. The minimum atomic E-state index is -1.33. The molecule has 1 aromatic rings. The number of halogens is 3. The van der Waals surface area contributed by atoms with Crippen molar-refractivity contribution >= 4 is 34.8 Å². The maximum Gasteiger partial charge on any atom is 0.216 e. The number of hydrogen-bond donors (Lipinski definition) is 0. The summed E-state index contributed by atoms with van der Waals surface area (Å²) >= 11 is 16.7. The quantitative estimate of drug-likeness (QED) is 0.582. The van der Waals surface area contributed by atoms with E-state index in [9.17, 15) is 0 Å². The fourth-order valence-corrected chi connectivity index (χ4v) is 0.919. The van der Waals surface area contributed by atoms with E-state index in [0.717, 1.165) is 0 Å². The number of alkyl halides is 3. The molecule has 0 saturated heterocycles. The monoisotopic (exact) mass is 195 g/mol. The van der Waals surface area contributed by atoms with Gasteiger partial charge in [-0.25, -0.2) is 0 Å². The third-order valence-corrected chi connectivity index (χ3v) is 1.66. The van der Waals surface area contributed by atoms with Crippen molar-refractivity contribution in [2.45, 2.75) is 3.79 Å². The van der Waals surface area contributed by atoms with Crippen molar-refractivity contribution in [3.63, 3.8) is 0 Å². The largest absolute Gasteiger partial charge is 0.265 e. The Kier molecular flexibility index (Phi) is 2.40. The number of rotatable bonds is 0. The van der Waals surface area contributed by atoms with Gasteiger partial charge in [0.25, 0.3) is 0 Å². The molecule has 54 valence electrons. The molecule has 1 rings (SSSR count). The Balaban J connectivity index is 2.97. The standard InChI is InChI=1S/C6H4Cl3N/c7-6(8,9)5-1-3-10-4-2-5/h1-4H. The van der Waals surface area contributed by atoms with E-state index in [0.29, 0.717) is 5.56 Å². The number of pyridine rings is 1. The van der Waals surface area contributed by atoms with E-state index in [1.54, 1.807) is 24.5 Å². The highest BCUT2D eigenvalue weighted by Gasteiger charge is 2.21. The topological polar surface area (TPSA) is 12.9 Å². The van der Waals surface area contributed by atoms with Crippen molar-refractivity contribution in [2.24, 2.45) is 0 Å². The molecule has 0 amide bonds. The van der Waals surface area contributed by atoms with Crippen molar-refractivity contribution in [3.05, 3.63) is 30.1 Å². The predicted octanol–water partition coefficient (Wildman–Crippen LogP) is 2.91. The van der Waals surface area contributed by atoms with Crippen LogP contribution in [0.25, 0.3) is 0 Å². The molecule has 1 nitrogen and oxygen atoms in total. The molecule has 0 unspecified atom stereocenters. The fraction of sp³-hybridized carbons (Fsp3) is 0.167. The van der Waals surface area contributed by atoms with Crippen LogP contribution in [0.2, 0.25) is 0 Å². The minimum Gasteiger partial charge on any atom is -0.265 e. The van der Waals surface area contributed by atoms with Gasteiger partial charge in [0.1, 0.15) is 0 Å². The molecule has 0 aliphatic carbocycles. The second-order valence-corrected chi connectivity index (χ2v) is 4.01. The van der Waals surface area contributed by atoms with Gasteiger partial charge in [0, 0.05) is 18.0 Å². The summed E-state index contributed by atoms with van der Waals surface area (Å²) < 4.78 is -1.33. The van der Waals surface area contributed by atoms with E-state index < -0.39 is 3.79 Å². The van der Waals surface area contributed by atoms with E-state index in [1.807, 2.05) is 0 Å². The molecule has 0 fully saturated rings. The Morgan fingerprint density at radius 3 is 1.90 bits per heavy atom. The minimum absolute atomic E-state index is 0.632. The van der Waals surface area contributed by atoms with Crippen LogP contribution in [0.5, 0.6) is 0 Å². The van der Waals surface area contributed by atoms with Gasteiger partial charge in [-0.1, -0.05) is 34.8 Å². The summed E-state index contributed by atoms with van der Waals surface area (Å²) in [6.07, 6.45) is 3.16. The molecule has 0 N–H and O–H groups in total. The lowest BCUT2D eigenvalue weighted by molar-refractivity contribution is 1.19. The molecule has 0 saturated carbocycles. The Hall–Kier alpha value is 0.0200. The highest BCUT2D eigenvalue weighted by molar-refractivity contribution is 6.66.